The van der Waals surface area contributed by atoms with Crippen LogP contribution >= 0.6 is 11.6 Å². The van der Waals surface area contributed by atoms with Gasteiger partial charge < -0.3 is 10.6 Å². The number of nitrogens with one attached hydrogen (secondary N) is 2. The molecule has 1 saturated heterocycles. The number of alkyl halides is 3. The predicted octanol–water partition coefficient (Wildman–Crippen LogP) is 3.69. The Bertz CT molecular complexity index is 540. The summed E-state index contributed by atoms with van der Waals surface area (Å²) in [6, 6.07) is 2.90. The van der Waals surface area contributed by atoms with Crippen LogP contribution in [0.4, 0.5) is 18.9 Å². The van der Waals surface area contributed by atoms with Crippen LogP contribution < -0.4 is 10.6 Å². The summed E-state index contributed by atoms with van der Waals surface area (Å²) in [5.74, 6) is -0.301. The second-order valence-corrected chi connectivity index (χ2v) is 5.86. The van der Waals surface area contributed by atoms with Crippen molar-refractivity contribution in [2.75, 3.05) is 18.4 Å². The Balaban J connectivity index is 2.20. The smallest absolute Gasteiger partial charge is 0.324 e. The van der Waals surface area contributed by atoms with Crippen LogP contribution in [0.2, 0.25) is 5.02 Å². The summed E-state index contributed by atoms with van der Waals surface area (Å²) >= 11 is 5.88. The summed E-state index contributed by atoms with van der Waals surface area (Å²) in [5, 5.41) is 5.77. The van der Waals surface area contributed by atoms with E-state index in [1.165, 1.54) is 0 Å². The highest BCUT2D eigenvalue weighted by molar-refractivity contribution is 6.33. The largest absolute Gasteiger partial charge is 0.416 e. The van der Waals surface area contributed by atoms with Crippen molar-refractivity contribution in [2.24, 2.45) is 5.41 Å². The number of piperidine rings is 1. The number of benzene rings is 1. The molecule has 7 heteroatoms. The monoisotopic (exact) mass is 320 g/mol. The van der Waals surface area contributed by atoms with Gasteiger partial charge in [0.1, 0.15) is 0 Å². The zero-order valence-corrected chi connectivity index (χ0v) is 12.2. The second-order valence-electron chi connectivity index (χ2n) is 5.46. The van der Waals surface area contributed by atoms with Crippen LogP contribution in [-0.4, -0.2) is 19.0 Å². The molecular weight excluding hydrogens is 305 g/mol. The lowest BCUT2D eigenvalue weighted by molar-refractivity contribution is -0.137. The Morgan fingerprint density at radius 3 is 2.52 bits per heavy atom. The van der Waals surface area contributed by atoms with E-state index in [9.17, 15) is 18.0 Å². The molecule has 0 aliphatic carbocycles. The molecule has 1 heterocycles. The first-order valence-corrected chi connectivity index (χ1v) is 6.99. The van der Waals surface area contributed by atoms with E-state index >= 15 is 0 Å². The third-order valence-electron chi connectivity index (χ3n) is 3.80. The number of amides is 1. The quantitative estimate of drug-likeness (QED) is 0.872. The van der Waals surface area contributed by atoms with E-state index in [4.69, 9.17) is 11.6 Å². The molecule has 0 unspecified atom stereocenters. The number of hydrogen-bond donors (Lipinski definition) is 2. The average Bonchev–Trinajstić information content (AvgIpc) is 2.40. The Kier molecular flexibility index (Phi) is 4.49. The molecular formula is C14H16ClF3N2O. The Labute approximate surface area is 125 Å². The third-order valence-corrected chi connectivity index (χ3v) is 4.13. The first kappa shape index (κ1) is 16.1. The zero-order valence-electron chi connectivity index (χ0n) is 11.5. The van der Waals surface area contributed by atoms with Crippen molar-refractivity contribution in [3.8, 4) is 0 Å². The average molecular weight is 321 g/mol. The number of halogens is 4. The summed E-state index contributed by atoms with van der Waals surface area (Å²) in [4.78, 5) is 12.3. The van der Waals surface area contributed by atoms with E-state index in [-0.39, 0.29) is 16.6 Å². The van der Waals surface area contributed by atoms with Crippen LogP contribution in [0.1, 0.15) is 25.3 Å². The lowest BCUT2D eigenvalue weighted by Crippen LogP contribution is -2.42. The molecule has 1 aromatic rings. The lowest BCUT2D eigenvalue weighted by Gasteiger charge is -2.32. The molecule has 3 nitrogen and oxygen atoms in total. The summed E-state index contributed by atoms with van der Waals surface area (Å²) in [7, 11) is 0. The summed E-state index contributed by atoms with van der Waals surface area (Å²) < 4.78 is 38.1. The van der Waals surface area contributed by atoms with E-state index in [2.05, 4.69) is 10.6 Å². The number of hydrogen-bond acceptors (Lipinski definition) is 2. The van der Waals surface area contributed by atoms with Crippen LogP contribution in [0.25, 0.3) is 0 Å². The lowest BCUT2D eigenvalue weighted by atomic mass is 9.80. The fraction of sp³-hybridized carbons (Fsp3) is 0.500. The van der Waals surface area contributed by atoms with Crippen molar-refractivity contribution in [3.05, 3.63) is 28.8 Å². The Morgan fingerprint density at radius 1 is 1.33 bits per heavy atom. The highest BCUT2D eigenvalue weighted by Gasteiger charge is 2.35. The number of anilines is 1. The Hall–Kier alpha value is -1.27. The molecule has 2 N–H and O–H groups in total. The molecule has 0 aromatic heterocycles. The minimum atomic E-state index is -4.47. The van der Waals surface area contributed by atoms with Crippen LogP contribution in [0, 0.1) is 5.41 Å². The summed E-state index contributed by atoms with van der Waals surface area (Å²) in [6.45, 7) is 3.23. The molecule has 116 valence electrons. The van der Waals surface area contributed by atoms with E-state index in [0.29, 0.717) is 25.9 Å². The highest BCUT2D eigenvalue weighted by atomic mass is 35.5. The first-order valence-electron chi connectivity index (χ1n) is 6.61. The van der Waals surface area contributed by atoms with Gasteiger partial charge in [0.25, 0.3) is 0 Å². The molecule has 1 amide bonds. The summed E-state index contributed by atoms with van der Waals surface area (Å²) in [6.07, 6.45) is -3.20. The number of carbonyl (C=O) groups is 1. The fourth-order valence-electron chi connectivity index (χ4n) is 2.28. The maximum Gasteiger partial charge on any atom is 0.416 e. The van der Waals surface area contributed by atoms with Gasteiger partial charge in [-0.1, -0.05) is 18.5 Å². The van der Waals surface area contributed by atoms with Gasteiger partial charge in [0.05, 0.1) is 16.3 Å². The van der Waals surface area contributed by atoms with Gasteiger partial charge in [0.15, 0.2) is 0 Å². The topological polar surface area (TPSA) is 41.1 Å². The second kappa shape index (κ2) is 5.85. The molecule has 0 atom stereocenters. The molecule has 0 radical (unpaired) electrons. The van der Waals surface area contributed by atoms with Crippen molar-refractivity contribution < 1.29 is 18.0 Å². The molecule has 1 aliphatic heterocycles. The summed E-state index contributed by atoms with van der Waals surface area (Å²) in [5.41, 5.74) is -1.43. The van der Waals surface area contributed by atoms with Crippen LogP contribution in [-0.2, 0) is 11.0 Å². The van der Waals surface area contributed by atoms with E-state index in [1.807, 2.05) is 6.92 Å². The van der Waals surface area contributed by atoms with Crippen molar-refractivity contribution >= 4 is 23.2 Å². The van der Waals surface area contributed by atoms with Crippen molar-refractivity contribution in [2.45, 2.75) is 25.9 Å². The molecule has 0 saturated carbocycles. The zero-order chi connectivity index (χ0) is 15.7. The van der Waals surface area contributed by atoms with Gasteiger partial charge in [-0.05, 0) is 44.1 Å². The molecule has 1 aromatic carbocycles. The minimum Gasteiger partial charge on any atom is -0.324 e. The van der Waals surface area contributed by atoms with Gasteiger partial charge in [0, 0.05) is 5.41 Å². The Morgan fingerprint density at radius 2 is 1.95 bits per heavy atom. The van der Waals surface area contributed by atoms with Crippen molar-refractivity contribution in [3.63, 3.8) is 0 Å². The normalized spacial score (nSPS) is 18.3. The molecule has 21 heavy (non-hydrogen) atoms. The number of rotatable bonds is 2. The fourth-order valence-corrected chi connectivity index (χ4v) is 2.44. The van der Waals surface area contributed by atoms with Gasteiger partial charge in [-0.15, -0.1) is 0 Å². The highest BCUT2D eigenvalue weighted by Crippen LogP contribution is 2.35. The van der Waals surface area contributed by atoms with Gasteiger partial charge in [-0.2, -0.15) is 13.2 Å². The van der Waals surface area contributed by atoms with Crippen LogP contribution in [0.5, 0.6) is 0 Å². The predicted molar refractivity (Wildman–Crippen MR) is 75.3 cm³/mol. The van der Waals surface area contributed by atoms with Crippen LogP contribution in [0.3, 0.4) is 0 Å². The maximum atomic E-state index is 12.7. The van der Waals surface area contributed by atoms with Crippen molar-refractivity contribution in [1.82, 2.24) is 5.32 Å². The molecule has 0 spiro atoms. The van der Waals surface area contributed by atoms with E-state index in [1.54, 1.807) is 0 Å². The van der Waals surface area contributed by atoms with Gasteiger partial charge in [0.2, 0.25) is 5.91 Å². The molecule has 0 bridgehead atoms. The van der Waals surface area contributed by atoms with Crippen LogP contribution in [0.15, 0.2) is 18.2 Å². The van der Waals surface area contributed by atoms with Gasteiger partial charge >= 0.3 is 6.18 Å². The first-order chi connectivity index (χ1) is 9.72. The maximum absolute atomic E-state index is 12.7. The van der Waals surface area contributed by atoms with Crippen molar-refractivity contribution in [1.29, 1.82) is 0 Å². The SMILES string of the molecule is CC1(C(=O)Nc2cc(C(F)(F)F)ccc2Cl)CCNCC1. The van der Waals surface area contributed by atoms with Gasteiger partial charge in [-0.25, -0.2) is 0 Å². The molecule has 1 fully saturated rings. The van der Waals surface area contributed by atoms with E-state index < -0.39 is 17.2 Å². The standard InChI is InChI=1S/C14H16ClF3N2O/c1-13(4-6-19-7-5-13)12(21)20-11-8-9(14(16,17)18)2-3-10(11)15/h2-3,8,19H,4-7H2,1H3,(H,20,21). The minimum absolute atomic E-state index is 0.00347. The number of carbonyl (C=O) groups excluding carboxylic acids is 1. The van der Waals surface area contributed by atoms with E-state index in [0.717, 1.165) is 18.2 Å². The molecule has 1 aliphatic rings. The van der Waals surface area contributed by atoms with Gasteiger partial charge in [-0.3, -0.25) is 4.79 Å². The molecule has 2 rings (SSSR count). The third kappa shape index (κ3) is 3.68.